The molecule has 0 aliphatic rings. The summed E-state index contributed by atoms with van der Waals surface area (Å²) in [5, 5.41) is 7.58. The van der Waals surface area contributed by atoms with Crippen molar-refractivity contribution in [3.63, 3.8) is 0 Å². The van der Waals surface area contributed by atoms with Crippen molar-refractivity contribution in [1.29, 1.82) is 0 Å². The summed E-state index contributed by atoms with van der Waals surface area (Å²) in [4.78, 5) is 0. The average Bonchev–Trinajstić information content (AvgIpc) is 4.02. The molecule has 0 saturated heterocycles. The number of rotatable bonds is 6. The fraction of sp³-hybridized carbons (Fsp3) is 0. The zero-order chi connectivity index (χ0) is 41.4. The number of hydrogen-bond acceptors (Lipinski definition) is 1. The summed E-state index contributed by atoms with van der Waals surface area (Å²) >= 11 is 1.89. The van der Waals surface area contributed by atoms with Gasteiger partial charge in [0.1, 0.15) is 0 Å². The number of aromatic nitrogens is 2. The van der Waals surface area contributed by atoms with Gasteiger partial charge in [-0.3, -0.25) is 0 Å². The van der Waals surface area contributed by atoms with Crippen LogP contribution in [0.3, 0.4) is 0 Å². The Morgan fingerprint density at radius 2 is 0.714 bits per heavy atom. The van der Waals surface area contributed by atoms with Crippen LogP contribution in [0.15, 0.2) is 231 Å². The van der Waals surface area contributed by atoms with Gasteiger partial charge in [0.05, 0.1) is 22.1 Å². The van der Waals surface area contributed by atoms with E-state index in [4.69, 9.17) is 0 Å². The molecule has 0 bridgehead atoms. The van der Waals surface area contributed by atoms with Gasteiger partial charge in [-0.15, -0.1) is 11.3 Å². The minimum atomic E-state index is 1.16. The highest BCUT2D eigenvalue weighted by Gasteiger charge is 2.19. The monoisotopic (exact) mass is 818 g/mol. The van der Waals surface area contributed by atoms with E-state index in [1.807, 2.05) is 11.3 Å². The standard InChI is InChI=1S/C60H38N2S/c1-3-14-39(15-4-1)42-16-13-17-43(34-42)40-26-28-41(29-27-40)51-37-47(38-54-50-22-9-12-25-59(50)63-60(51)54)62-56-24-11-8-21-49(56)53-36-45(31-33-58(53)62)44-30-32-57-52(35-44)48-20-7-10-23-55(48)61(57)46-18-5-2-6-19-46/h1-38H. The first-order valence-corrected chi connectivity index (χ1v) is 22.4. The molecule has 3 heteroatoms. The molecule has 3 aromatic heterocycles. The van der Waals surface area contributed by atoms with Crippen LogP contribution in [0.4, 0.5) is 0 Å². The van der Waals surface area contributed by atoms with Gasteiger partial charge < -0.3 is 9.13 Å². The molecule has 0 unspecified atom stereocenters. The van der Waals surface area contributed by atoms with E-state index in [0.717, 1.165) is 5.69 Å². The molecule has 0 N–H and O–H groups in total. The van der Waals surface area contributed by atoms with Crippen LogP contribution < -0.4 is 0 Å². The van der Waals surface area contributed by atoms with E-state index in [2.05, 4.69) is 240 Å². The summed E-state index contributed by atoms with van der Waals surface area (Å²) in [5.74, 6) is 0. The van der Waals surface area contributed by atoms with Gasteiger partial charge in [-0.2, -0.15) is 0 Å². The van der Waals surface area contributed by atoms with Gasteiger partial charge in [0.25, 0.3) is 0 Å². The summed E-state index contributed by atoms with van der Waals surface area (Å²) in [5.41, 5.74) is 16.9. The van der Waals surface area contributed by atoms with Crippen LogP contribution in [0.25, 0.3) is 120 Å². The van der Waals surface area contributed by atoms with E-state index in [-0.39, 0.29) is 0 Å². The molecule has 0 aliphatic carbocycles. The molecule has 0 radical (unpaired) electrons. The maximum Gasteiger partial charge on any atom is 0.0541 e. The van der Waals surface area contributed by atoms with Gasteiger partial charge in [0, 0.05) is 58.7 Å². The Morgan fingerprint density at radius 3 is 1.37 bits per heavy atom. The van der Waals surface area contributed by atoms with E-state index in [1.54, 1.807) is 0 Å². The van der Waals surface area contributed by atoms with Gasteiger partial charge in [0.15, 0.2) is 0 Å². The van der Waals surface area contributed by atoms with Gasteiger partial charge in [0.2, 0.25) is 0 Å². The maximum absolute atomic E-state index is 2.48. The smallest absolute Gasteiger partial charge is 0.0541 e. The number of nitrogens with zero attached hydrogens (tertiary/aromatic N) is 2. The molecule has 0 atom stereocenters. The molecule has 0 saturated carbocycles. The Bertz CT molecular complexity index is 3890. The van der Waals surface area contributed by atoms with Gasteiger partial charge in [-0.25, -0.2) is 0 Å². The number of thiophene rings is 1. The Kier molecular flexibility index (Phi) is 8.12. The van der Waals surface area contributed by atoms with E-state index in [1.165, 1.54) is 114 Å². The van der Waals surface area contributed by atoms with Gasteiger partial charge in [-0.05, 0) is 112 Å². The van der Waals surface area contributed by atoms with Crippen LogP contribution in [0.5, 0.6) is 0 Å². The molecule has 0 amide bonds. The molecule has 3 heterocycles. The number of para-hydroxylation sites is 3. The molecule has 13 rings (SSSR count). The first-order chi connectivity index (χ1) is 31.2. The largest absolute Gasteiger partial charge is 0.309 e. The van der Waals surface area contributed by atoms with Crippen LogP contribution in [0.1, 0.15) is 0 Å². The van der Waals surface area contributed by atoms with Crippen molar-refractivity contribution in [1.82, 2.24) is 9.13 Å². The van der Waals surface area contributed by atoms with Crippen LogP contribution in [-0.4, -0.2) is 9.13 Å². The molecule has 63 heavy (non-hydrogen) atoms. The topological polar surface area (TPSA) is 9.86 Å². The van der Waals surface area contributed by atoms with Gasteiger partial charge in [-0.1, -0.05) is 158 Å². The number of fused-ring (bicyclic) bond motifs is 9. The van der Waals surface area contributed by atoms with Crippen molar-refractivity contribution in [2.75, 3.05) is 0 Å². The SMILES string of the molecule is c1ccc(-c2cccc(-c3ccc(-c4cc(-n5c6ccccc6c6cc(-c7ccc8c(c7)c7ccccc7n8-c7ccccc7)ccc65)cc5c4sc4ccccc45)cc3)c2)cc1. The second-order valence-corrected chi connectivity index (χ2v) is 17.5. The fourth-order valence-corrected chi connectivity index (χ4v) is 11.2. The second-order valence-electron chi connectivity index (χ2n) is 16.5. The zero-order valence-electron chi connectivity index (χ0n) is 34.2. The van der Waals surface area contributed by atoms with Crippen molar-refractivity contribution in [3.05, 3.63) is 231 Å². The summed E-state index contributed by atoms with van der Waals surface area (Å²) in [6.07, 6.45) is 0. The quantitative estimate of drug-likeness (QED) is 0.158. The summed E-state index contributed by atoms with van der Waals surface area (Å²) in [7, 11) is 0. The predicted molar refractivity (Wildman–Crippen MR) is 270 cm³/mol. The van der Waals surface area contributed by atoms with Crippen LogP contribution in [0.2, 0.25) is 0 Å². The van der Waals surface area contributed by atoms with Crippen LogP contribution >= 0.6 is 11.3 Å². The van der Waals surface area contributed by atoms with E-state index < -0.39 is 0 Å². The molecule has 0 fully saturated rings. The maximum atomic E-state index is 2.48. The fourth-order valence-electron chi connectivity index (χ4n) is 9.94. The number of benzene rings is 10. The third-order valence-electron chi connectivity index (χ3n) is 12.9. The lowest BCUT2D eigenvalue weighted by atomic mass is 9.96. The highest BCUT2D eigenvalue weighted by molar-refractivity contribution is 7.26. The zero-order valence-corrected chi connectivity index (χ0v) is 35.1. The van der Waals surface area contributed by atoms with E-state index >= 15 is 0 Å². The first-order valence-electron chi connectivity index (χ1n) is 21.6. The lowest BCUT2D eigenvalue weighted by molar-refractivity contribution is 1.18. The van der Waals surface area contributed by atoms with E-state index in [0.29, 0.717) is 0 Å². The van der Waals surface area contributed by atoms with Crippen LogP contribution in [-0.2, 0) is 0 Å². The molecule has 10 aromatic carbocycles. The summed E-state index contributed by atoms with van der Waals surface area (Å²) < 4.78 is 7.47. The van der Waals surface area contributed by atoms with Gasteiger partial charge >= 0.3 is 0 Å². The van der Waals surface area contributed by atoms with Crippen molar-refractivity contribution < 1.29 is 0 Å². The Balaban J connectivity index is 0.959. The predicted octanol–water partition coefficient (Wildman–Crippen LogP) is 16.9. The van der Waals surface area contributed by atoms with E-state index in [9.17, 15) is 0 Å². The lowest BCUT2D eigenvalue weighted by Gasteiger charge is -2.13. The number of hydrogen-bond donors (Lipinski definition) is 0. The van der Waals surface area contributed by atoms with Crippen molar-refractivity contribution >= 4 is 75.1 Å². The van der Waals surface area contributed by atoms with Crippen LogP contribution in [0, 0.1) is 0 Å². The van der Waals surface area contributed by atoms with Crippen molar-refractivity contribution in [2.24, 2.45) is 0 Å². The average molecular weight is 819 g/mol. The molecule has 294 valence electrons. The third-order valence-corrected chi connectivity index (χ3v) is 14.1. The van der Waals surface area contributed by atoms with Crippen molar-refractivity contribution in [2.45, 2.75) is 0 Å². The molecule has 0 spiro atoms. The second kappa shape index (κ2) is 14.3. The normalized spacial score (nSPS) is 11.8. The molecular weight excluding hydrogens is 781 g/mol. The lowest BCUT2D eigenvalue weighted by Crippen LogP contribution is -1.95. The summed E-state index contributed by atoms with van der Waals surface area (Å²) in [6, 6.07) is 84.7. The Morgan fingerprint density at radius 1 is 0.254 bits per heavy atom. The summed E-state index contributed by atoms with van der Waals surface area (Å²) in [6.45, 7) is 0. The third kappa shape index (κ3) is 5.78. The molecule has 0 aliphatic heterocycles. The Labute approximate surface area is 368 Å². The highest BCUT2D eigenvalue weighted by atomic mass is 32.1. The highest BCUT2D eigenvalue weighted by Crippen LogP contribution is 2.44. The van der Waals surface area contributed by atoms with Crippen molar-refractivity contribution in [3.8, 4) is 55.9 Å². The Hall–Kier alpha value is -7.98. The molecule has 2 nitrogen and oxygen atoms in total. The minimum Gasteiger partial charge on any atom is -0.309 e. The minimum absolute atomic E-state index is 1.16. The molecular formula is C60H38N2S. The molecule has 13 aromatic rings. The first kappa shape index (κ1) is 35.7.